The lowest BCUT2D eigenvalue weighted by molar-refractivity contribution is -0.0681. The Hall–Kier alpha value is -4.97. The highest BCUT2D eigenvalue weighted by atomic mass is 16.5. The molecular formula is C49H56N4O2. The molecule has 1 aliphatic carbocycles. The summed E-state index contributed by atoms with van der Waals surface area (Å²) >= 11 is 0. The van der Waals surface area contributed by atoms with Crippen LogP contribution in [0.15, 0.2) is 77.9 Å². The molecule has 0 amide bonds. The fourth-order valence-corrected chi connectivity index (χ4v) is 8.47. The van der Waals surface area contributed by atoms with E-state index in [0.717, 1.165) is 55.7 Å². The minimum atomic E-state index is -1.88. The van der Waals surface area contributed by atoms with Crippen molar-refractivity contribution in [2.24, 2.45) is 10.4 Å². The molecule has 284 valence electrons. The molecule has 3 aromatic heterocycles. The van der Waals surface area contributed by atoms with Gasteiger partial charge < -0.3 is 9.47 Å². The molecule has 0 saturated carbocycles. The van der Waals surface area contributed by atoms with E-state index < -0.39 is 22.9 Å². The van der Waals surface area contributed by atoms with E-state index in [1.807, 2.05) is 59.9 Å². The molecule has 0 N–H and O–H groups in total. The zero-order chi connectivity index (χ0) is 41.4. The van der Waals surface area contributed by atoms with Crippen LogP contribution in [0.1, 0.15) is 122 Å². The van der Waals surface area contributed by atoms with E-state index in [1.165, 1.54) is 10.9 Å². The van der Waals surface area contributed by atoms with Crippen LogP contribution in [-0.4, -0.2) is 26.0 Å². The van der Waals surface area contributed by atoms with Gasteiger partial charge in [0.25, 0.3) is 0 Å². The lowest BCUT2D eigenvalue weighted by Gasteiger charge is -2.45. The Morgan fingerprint density at radius 1 is 0.764 bits per heavy atom. The SMILES string of the molecule is [2H]C1([2H])c2cc(C)c(C)nc2[C@@]2(C)N=C(c3cc(Oc4cc(C)cc(-n5c6ccc(C(C)(C)C)cc6c6cc(C)cnc65)c4)cc(C(C)(C)C)c3)O[C@@]12C(C)(C)C. The summed E-state index contributed by atoms with van der Waals surface area (Å²) in [5.74, 6) is 1.73. The minimum absolute atomic E-state index is 0.00860. The maximum Gasteiger partial charge on any atom is 0.217 e. The van der Waals surface area contributed by atoms with Crippen molar-refractivity contribution in [2.75, 3.05) is 0 Å². The molecule has 6 aromatic rings. The molecule has 8 rings (SSSR count). The topological polar surface area (TPSA) is 61.5 Å². The second-order valence-corrected chi connectivity index (χ2v) is 19.2. The molecule has 0 radical (unpaired) electrons. The Labute approximate surface area is 329 Å². The third kappa shape index (κ3) is 5.86. The van der Waals surface area contributed by atoms with Crippen molar-refractivity contribution < 1.29 is 12.2 Å². The highest BCUT2D eigenvalue weighted by Crippen LogP contribution is 2.60. The van der Waals surface area contributed by atoms with Crippen molar-refractivity contribution in [1.82, 2.24) is 14.5 Å². The molecule has 1 aliphatic heterocycles. The Bertz CT molecular complexity index is 2690. The van der Waals surface area contributed by atoms with Gasteiger partial charge in [0, 0.05) is 48.8 Å². The number of hydrogen-bond acceptors (Lipinski definition) is 5. The molecule has 2 atom stereocenters. The number of aliphatic imine (C=N–C) groups is 1. The van der Waals surface area contributed by atoms with Crippen LogP contribution in [0.4, 0.5) is 0 Å². The predicted molar refractivity (Wildman–Crippen MR) is 227 cm³/mol. The Morgan fingerprint density at radius 3 is 2.16 bits per heavy atom. The standard InChI is InChI=1S/C49H56N4O2/c1-28-17-36(53-41-16-15-34(45(5,6)7)24-39(41)40-19-29(2)27-50-43(40)53)25-37(18-28)54-38-22-32(21-35(23-38)46(8,9)10)44-52-48(14)42-33(20-30(3)31(4)51-42)26-49(48,55-44)47(11,12)13/h15-25,27H,26H2,1-14H3/t48-,49-/m1/s1/i26D2. The van der Waals surface area contributed by atoms with Gasteiger partial charge in [-0.1, -0.05) is 74.4 Å². The second kappa shape index (κ2) is 12.0. The Morgan fingerprint density at radius 2 is 1.47 bits per heavy atom. The van der Waals surface area contributed by atoms with E-state index >= 15 is 0 Å². The van der Waals surface area contributed by atoms with Crippen LogP contribution >= 0.6 is 0 Å². The smallest absolute Gasteiger partial charge is 0.217 e. The van der Waals surface area contributed by atoms with E-state index in [0.29, 0.717) is 28.7 Å². The molecule has 0 fully saturated rings. The van der Waals surface area contributed by atoms with E-state index in [2.05, 4.69) is 115 Å². The number of aromatic nitrogens is 3. The van der Waals surface area contributed by atoms with Crippen LogP contribution < -0.4 is 4.74 Å². The number of aryl methyl sites for hydroxylation is 4. The highest BCUT2D eigenvalue weighted by molar-refractivity contribution is 6.08. The van der Waals surface area contributed by atoms with E-state index in [9.17, 15) is 2.74 Å². The lowest BCUT2D eigenvalue weighted by Crippen LogP contribution is -2.54. The van der Waals surface area contributed by atoms with Gasteiger partial charge in [-0.2, -0.15) is 0 Å². The Balaban J connectivity index is 1.26. The average molecular weight is 735 g/mol. The fraction of sp³-hybridized carbons (Fsp3) is 0.408. The van der Waals surface area contributed by atoms with Crippen LogP contribution in [0.3, 0.4) is 0 Å². The van der Waals surface area contributed by atoms with Crippen LogP contribution in [0.25, 0.3) is 27.6 Å². The van der Waals surface area contributed by atoms with E-state index in [1.54, 1.807) is 0 Å². The number of nitrogens with zero attached hydrogens (tertiary/aromatic N) is 4. The maximum atomic E-state index is 9.72. The monoisotopic (exact) mass is 734 g/mol. The van der Waals surface area contributed by atoms with Gasteiger partial charge in [-0.15, -0.1) is 0 Å². The molecule has 0 saturated heterocycles. The fourth-order valence-electron chi connectivity index (χ4n) is 8.47. The number of benzene rings is 3. The summed E-state index contributed by atoms with van der Waals surface area (Å²) in [6, 6.07) is 23.4. The van der Waals surface area contributed by atoms with Crippen molar-refractivity contribution in [3.63, 3.8) is 0 Å². The van der Waals surface area contributed by atoms with Crippen molar-refractivity contribution in [1.29, 1.82) is 0 Å². The molecule has 4 heterocycles. The van der Waals surface area contributed by atoms with Crippen molar-refractivity contribution >= 4 is 27.8 Å². The molecule has 55 heavy (non-hydrogen) atoms. The molecule has 0 bridgehead atoms. The number of pyridine rings is 2. The molecule has 3 aromatic carbocycles. The normalized spacial score (nSPS) is 21.2. The van der Waals surface area contributed by atoms with Crippen LogP contribution in [0.2, 0.25) is 0 Å². The number of rotatable bonds is 4. The highest BCUT2D eigenvalue weighted by Gasteiger charge is 2.67. The van der Waals surface area contributed by atoms with Gasteiger partial charge in [-0.05, 0) is 127 Å². The second-order valence-electron chi connectivity index (χ2n) is 19.2. The van der Waals surface area contributed by atoms with Gasteiger partial charge in [-0.3, -0.25) is 9.55 Å². The summed E-state index contributed by atoms with van der Waals surface area (Å²) in [7, 11) is 0. The summed E-state index contributed by atoms with van der Waals surface area (Å²) < 4.78 is 35.6. The third-order valence-corrected chi connectivity index (χ3v) is 11.7. The summed E-state index contributed by atoms with van der Waals surface area (Å²) in [6.45, 7) is 29.5. The summed E-state index contributed by atoms with van der Waals surface area (Å²) in [5, 5.41) is 2.30. The van der Waals surface area contributed by atoms with Gasteiger partial charge >= 0.3 is 0 Å². The molecular weight excluding hydrogens is 677 g/mol. The van der Waals surface area contributed by atoms with Crippen LogP contribution in [0.5, 0.6) is 11.5 Å². The van der Waals surface area contributed by atoms with Crippen molar-refractivity contribution in [2.45, 2.75) is 125 Å². The summed E-state index contributed by atoms with van der Waals surface area (Å²) in [6.07, 6.45) is 0.0588. The lowest BCUT2D eigenvalue weighted by atomic mass is 9.67. The van der Waals surface area contributed by atoms with Gasteiger partial charge in [0.1, 0.15) is 22.7 Å². The predicted octanol–water partition coefficient (Wildman–Crippen LogP) is 12.2. The number of ether oxygens (including phenoxy) is 2. The largest absolute Gasteiger partial charge is 0.467 e. The van der Waals surface area contributed by atoms with Gasteiger partial charge in [-0.25, -0.2) is 9.98 Å². The molecule has 2 aliphatic rings. The first kappa shape index (κ1) is 34.5. The van der Waals surface area contributed by atoms with Crippen molar-refractivity contribution in [3.8, 4) is 17.2 Å². The minimum Gasteiger partial charge on any atom is -0.467 e. The molecule has 0 unspecified atom stereocenters. The zero-order valence-corrected chi connectivity index (χ0v) is 35.0. The number of fused-ring (bicyclic) bond motifs is 6. The van der Waals surface area contributed by atoms with E-state index in [4.69, 9.17) is 24.4 Å². The first-order valence-electron chi connectivity index (χ1n) is 20.5. The first-order chi connectivity index (χ1) is 26.4. The van der Waals surface area contributed by atoms with Gasteiger partial charge in [0.15, 0.2) is 5.60 Å². The summed E-state index contributed by atoms with van der Waals surface area (Å²) in [5.41, 5.74) is 7.89. The van der Waals surface area contributed by atoms with Crippen LogP contribution in [0, 0.1) is 33.1 Å². The molecule has 6 heteroatoms. The van der Waals surface area contributed by atoms with Crippen LogP contribution in [-0.2, 0) is 27.5 Å². The molecule has 0 spiro atoms. The summed E-state index contributed by atoms with van der Waals surface area (Å²) in [4.78, 5) is 15.3. The first-order valence-corrected chi connectivity index (χ1v) is 19.5. The van der Waals surface area contributed by atoms with Gasteiger partial charge in [0.05, 0.1) is 16.9 Å². The quantitative estimate of drug-likeness (QED) is 0.181. The molecule has 6 nitrogen and oxygen atoms in total. The van der Waals surface area contributed by atoms with Gasteiger partial charge in [0.2, 0.25) is 5.90 Å². The maximum absolute atomic E-state index is 9.72. The zero-order valence-electron chi connectivity index (χ0n) is 37.0. The average Bonchev–Trinajstić information content (AvgIpc) is 3.65. The van der Waals surface area contributed by atoms with Crippen molar-refractivity contribution in [3.05, 3.63) is 123 Å². The Kier molecular flexibility index (Phi) is 7.54. The third-order valence-electron chi connectivity index (χ3n) is 11.7. The van der Waals surface area contributed by atoms with E-state index in [-0.39, 0.29) is 10.8 Å². The number of hydrogen-bond donors (Lipinski definition) is 0.